The second kappa shape index (κ2) is 70.6. The minimum Gasteiger partial charge on any atom is -0.466 e. The van der Waals surface area contributed by atoms with Crippen LogP contribution in [0.1, 0.15) is 406 Å². The van der Waals surface area contributed by atoms with Gasteiger partial charge in [-0.15, -0.1) is 0 Å². The molecule has 2 unspecified atom stereocenters. The lowest BCUT2D eigenvalue weighted by Gasteiger charge is -2.20. The number of rotatable bonds is 69. The summed E-state index contributed by atoms with van der Waals surface area (Å²) in [4.78, 5) is 24.5. The Morgan fingerprint density at radius 2 is 0.593 bits per heavy atom. The summed E-state index contributed by atoms with van der Waals surface area (Å²) in [7, 11) is 0. The summed E-state index contributed by atoms with van der Waals surface area (Å²) in [5.41, 5.74) is 0. The molecular formula is C75H143NO5. The molecule has 2 atom stereocenters. The van der Waals surface area contributed by atoms with Crippen molar-refractivity contribution in [2.75, 3.05) is 13.2 Å². The standard InChI is InChI=1S/C75H143NO5/c1-3-5-7-9-11-13-15-16-17-18-19-20-21-29-32-35-38-41-44-48-51-55-59-63-67-73(78)72(71-77)76-74(79)68-64-60-56-52-49-45-42-39-36-33-30-27-25-23-22-24-26-28-31-34-37-40-43-46-50-54-58-62-66-70-81-75(80)69-65-61-57-53-47-14-12-10-8-6-4-2/h10,12,22,24,63,67,72-73,77-78H,3-9,11,13-21,23,25-62,64-66,68-71H2,1-2H3,(H,76,79)/b12-10-,24-22-,67-63+. The van der Waals surface area contributed by atoms with Crippen LogP contribution in [0.5, 0.6) is 0 Å². The minimum absolute atomic E-state index is 0.00545. The van der Waals surface area contributed by atoms with Crippen LogP contribution in [0.4, 0.5) is 0 Å². The van der Waals surface area contributed by atoms with Gasteiger partial charge in [0.1, 0.15) is 0 Å². The van der Waals surface area contributed by atoms with E-state index in [0.29, 0.717) is 19.4 Å². The summed E-state index contributed by atoms with van der Waals surface area (Å²) in [5.74, 6) is -0.0574. The molecule has 3 N–H and O–H groups in total. The highest BCUT2D eigenvalue weighted by Gasteiger charge is 2.18. The molecule has 0 aromatic carbocycles. The van der Waals surface area contributed by atoms with Gasteiger partial charge >= 0.3 is 5.97 Å². The molecule has 478 valence electrons. The third-order valence-corrected chi connectivity index (χ3v) is 17.1. The van der Waals surface area contributed by atoms with Gasteiger partial charge in [0.15, 0.2) is 0 Å². The van der Waals surface area contributed by atoms with Crippen molar-refractivity contribution in [1.29, 1.82) is 0 Å². The fourth-order valence-electron chi connectivity index (χ4n) is 11.5. The normalized spacial score (nSPS) is 12.7. The summed E-state index contributed by atoms with van der Waals surface area (Å²) < 4.78 is 5.47. The predicted octanol–water partition coefficient (Wildman–Crippen LogP) is 23.9. The number of aliphatic hydroxyl groups is 2. The zero-order valence-corrected chi connectivity index (χ0v) is 54.8. The molecular weight excluding hydrogens is 995 g/mol. The summed E-state index contributed by atoms with van der Waals surface area (Å²) in [6.07, 6.45) is 91.0. The van der Waals surface area contributed by atoms with Crippen molar-refractivity contribution in [3.63, 3.8) is 0 Å². The van der Waals surface area contributed by atoms with Crippen molar-refractivity contribution in [2.24, 2.45) is 0 Å². The van der Waals surface area contributed by atoms with Crippen LogP contribution in [0.15, 0.2) is 36.5 Å². The molecule has 0 aliphatic heterocycles. The van der Waals surface area contributed by atoms with E-state index in [1.54, 1.807) is 6.08 Å². The van der Waals surface area contributed by atoms with Crippen molar-refractivity contribution < 1.29 is 24.5 Å². The Morgan fingerprint density at radius 3 is 0.914 bits per heavy atom. The number of aliphatic hydroxyl groups excluding tert-OH is 2. The molecule has 0 aliphatic rings. The van der Waals surface area contributed by atoms with Crippen molar-refractivity contribution in [2.45, 2.75) is 418 Å². The number of amides is 1. The highest BCUT2D eigenvalue weighted by molar-refractivity contribution is 5.76. The molecule has 0 radical (unpaired) electrons. The topological polar surface area (TPSA) is 95.9 Å². The quantitative estimate of drug-likeness (QED) is 0.0320. The highest BCUT2D eigenvalue weighted by Crippen LogP contribution is 2.19. The Hall–Kier alpha value is -1.92. The molecule has 1 amide bonds. The average Bonchev–Trinajstić information content (AvgIpc) is 3.47. The van der Waals surface area contributed by atoms with E-state index in [2.05, 4.69) is 43.5 Å². The Morgan fingerprint density at radius 1 is 0.333 bits per heavy atom. The fourth-order valence-corrected chi connectivity index (χ4v) is 11.5. The average molecular weight is 1140 g/mol. The number of ether oxygens (including phenoxy) is 1. The van der Waals surface area contributed by atoms with Crippen molar-refractivity contribution in [1.82, 2.24) is 5.32 Å². The number of carbonyl (C=O) groups is 2. The number of nitrogens with one attached hydrogen (secondary N) is 1. The van der Waals surface area contributed by atoms with Crippen molar-refractivity contribution >= 4 is 11.9 Å². The second-order valence-electron chi connectivity index (χ2n) is 25.3. The zero-order chi connectivity index (χ0) is 58.5. The molecule has 0 saturated heterocycles. The van der Waals surface area contributed by atoms with Crippen molar-refractivity contribution in [3.05, 3.63) is 36.5 Å². The molecule has 0 aromatic rings. The van der Waals surface area contributed by atoms with E-state index in [1.165, 1.54) is 334 Å². The molecule has 0 aromatic heterocycles. The van der Waals surface area contributed by atoms with Gasteiger partial charge in [0.2, 0.25) is 5.91 Å². The van der Waals surface area contributed by atoms with Gasteiger partial charge in [-0.05, 0) is 77.0 Å². The molecule has 0 spiro atoms. The first-order valence-electron chi connectivity index (χ1n) is 36.8. The minimum atomic E-state index is -0.846. The van der Waals surface area contributed by atoms with Crippen LogP contribution < -0.4 is 5.32 Å². The molecule has 0 rings (SSSR count). The Balaban J connectivity index is 3.41. The van der Waals surface area contributed by atoms with Crippen LogP contribution in [0.25, 0.3) is 0 Å². The van der Waals surface area contributed by atoms with Crippen LogP contribution >= 0.6 is 0 Å². The molecule has 0 fully saturated rings. The maximum atomic E-state index is 12.5. The summed E-state index contributed by atoms with van der Waals surface area (Å²) in [5, 5.41) is 23.3. The largest absolute Gasteiger partial charge is 0.466 e. The lowest BCUT2D eigenvalue weighted by atomic mass is 10.0. The van der Waals surface area contributed by atoms with Gasteiger partial charge in [-0.2, -0.15) is 0 Å². The first-order chi connectivity index (χ1) is 40.0. The van der Waals surface area contributed by atoms with E-state index in [1.807, 2.05) is 6.08 Å². The lowest BCUT2D eigenvalue weighted by molar-refractivity contribution is -0.143. The monoisotopic (exact) mass is 1140 g/mol. The van der Waals surface area contributed by atoms with Gasteiger partial charge in [0.25, 0.3) is 0 Å². The fraction of sp³-hybridized carbons (Fsp3) is 0.893. The summed E-state index contributed by atoms with van der Waals surface area (Å²) >= 11 is 0. The van der Waals surface area contributed by atoms with E-state index >= 15 is 0 Å². The van der Waals surface area contributed by atoms with Crippen LogP contribution in [0.2, 0.25) is 0 Å². The maximum Gasteiger partial charge on any atom is 0.305 e. The maximum absolute atomic E-state index is 12.5. The van der Waals surface area contributed by atoms with E-state index in [-0.39, 0.29) is 18.5 Å². The van der Waals surface area contributed by atoms with E-state index in [4.69, 9.17) is 4.74 Å². The number of carbonyl (C=O) groups excluding carboxylic acids is 2. The molecule has 0 saturated carbocycles. The third kappa shape index (κ3) is 67.1. The number of hydrogen-bond donors (Lipinski definition) is 3. The molecule has 0 heterocycles. The molecule has 81 heavy (non-hydrogen) atoms. The number of unbranched alkanes of at least 4 members (excludes halogenated alkanes) is 54. The van der Waals surface area contributed by atoms with Crippen molar-refractivity contribution in [3.8, 4) is 0 Å². The Labute approximate surface area is 506 Å². The van der Waals surface area contributed by atoms with Gasteiger partial charge in [-0.25, -0.2) is 0 Å². The van der Waals surface area contributed by atoms with Crippen LogP contribution in [-0.4, -0.2) is 47.4 Å². The van der Waals surface area contributed by atoms with Gasteiger partial charge in [0, 0.05) is 12.8 Å². The number of hydrogen-bond acceptors (Lipinski definition) is 5. The Kier molecular flexibility index (Phi) is 68.9. The summed E-state index contributed by atoms with van der Waals surface area (Å²) in [6, 6.07) is -0.629. The Bertz CT molecular complexity index is 1310. The van der Waals surface area contributed by atoms with Gasteiger partial charge in [-0.1, -0.05) is 352 Å². The van der Waals surface area contributed by atoms with Gasteiger partial charge < -0.3 is 20.3 Å². The molecule has 0 aliphatic carbocycles. The third-order valence-electron chi connectivity index (χ3n) is 17.1. The van der Waals surface area contributed by atoms with E-state index in [9.17, 15) is 19.8 Å². The summed E-state index contributed by atoms with van der Waals surface area (Å²) in [6.45, 7) is 4.90. The van der Waals surface area contributed by atoms with Gasteiger partial charge in [-0.3, -0.25) is 9.59 Å². The van der Waals surface area contributed by atoms with Gasteiger partial charge in [0.05, 0.1) is 25.4 Å². The van der Waals surface area contributed by atoms with Crippen LogP contribution in [0.3, 0.4) is 0 Å². The van der Waals surface area contributed by atoms with Crippen LogP contribution in [0, 0.1) is 0 Å². The predicted molar refractivity (Wildman–Crippen MR) is 356 cm³/mol. The smallest absolute Gasteiger partial charge is 0.305 e. The zero-order valence-electron chi connectivity index (χ0n) is 54.8. The highest BCUT2D eigenvalue weighted by atomic mass is 16.5. The molecule has 0 bridgehead atoms. The molecule has 6 nitrogen and oxygen atoms in total. The first-order valence-corrected chi connectivity index (χ1v) is 36.8. The SMILES string of the molecule is CCCC/C=C\CCCCCCCC(=O)OCCCCCCCCCCCCCC/C=C\CCCCCCCCCCCCCCCC(=O)NC(CO)C(O)/C=C/CCCCCCCCCCCCCCCCCCCCCCCC. The molecule has 6 heteroatoms. The number of allylic oxidation sites excluding steroid dienone is 5. The number of esters is 1. The lowest BCUT2D eigenvalue weighted by Crippen LogP contribution is -2.45. The van der Waals surface area contributed by atoms with E-state index in [0.717, 1.165) is 44.9 Å². The first kappa shape index (κ1) is 79.1. The van der Waals surface area contributed by atoms with E-state index < -0.39 is 12.1 Å². The second-order valence-corrected chi connectivity index (χ2v) is 25.3. The van der Waals surface area contributed by atoms with Crippen LogP contribution in [-0.2, 0) is 14.3 Å².